The van der Waals surface area contributed by atoms with E-state index < -0.39 is 32.5 Å². The number of rotatable bonds is 15. The van der Waals surface area contributed by atoms with E-state index in [9.17, 15) is 21.6 Å². The second-order valence-electron chi connectivity index (χ2n) is 10.2. The molecule has 3 aromatic carbocycles. The van der Waals surface area contributed by atoms with Gasteiger partial charge in [-0.25, -0.2) is 16.8 Å². The van der Waals surface area contributed by atoms with Crippen molar-refractivity contribution in [2.45, 2.75) is 29.1 Å². The largest absolute Gasteiger partial charge is 0.497 e. The number of amides is 1. The molecule has 0 bridgehead atoms. The topological polar surface area (TPSA) is 150 Å². The van der Waals surface area contributed by atoms with Crippen molar-refractivity contribution in [1.82, 2.24) is 9.62 Å². The molecular formula is C31H39N3O10S2. The summed E-state index contributed by atoms with van der Waals surface area (Å²) < 4.78 is 83.2. The van der Waals surface area contributed by atoms with E-state index in [4.69, 9.17) is 23.7 Å². The number of sulfonamides is 2. The van der Waals surface area contributed by atoms with Gasteiger partial charge in [0, 0.05) is 25.2 Å². The lowest BCUT2D eigenvalue weighted by Gasteiger charge is -2.26. The summed E-state index contributed by atoms with van der Waals surface area (Å²) in [6, 6.07) is 14.8. The highest BCUT2D eigenvalue weighted by atomic mass is 32.2. The average Bonchev–Trinajstić information content (AvgIpc) is 3.08. The van der Waals surface area contributed by atoms with E-state index in [1.165, 1.54) is 69.1 Å². The van der Waals surface area contributed by atoms with Crippen LogP contribution in [0.2, 0.25) is 0 Å². The molecule has 0 radical (unpaired) electrons. The summed E-state index contributed by atoms with van der Waals surface area (Å²) >= 11 is 0. The van der Waals surface area contributed by atoms with Crippen LogP contribution in [0, 0.1) is 0 Å². The van der Waals surface area contributed by atoms with E-state index in [1.807, 2.05) is 0 Å². The van der Waals surface area contributed by atoms with Gasteiger partial charge in [-0.05, 0) is 61.4 Å². The Labute approximate surface area is 270 Å². The number of benzene rings is 3. The summed E-state index contributed by atoms with van der Waals surface area (Å²) in [4.78, 5) is 13.2. The van der Waals surface area contributed by atoms with Crippen LogP contribution in [0.15, 0.2) is 70.5 Å². The first-order chi connectivity index (χ1) is 22.0. The number of hydrogen-bond donors (Lipinski definition) is 1. The molecule has 13 nitrogen and oxygen atoms in total. The van der Waals surface area contributed by atoms with Crippen molar-refractivity contribution in [1.29, 1.82) is 0 Å². The number of methoxy groups -OCH3 is 4. The van der Waals surface area contributed by atoms with Crippen molar-refractivity contribution in [3.63, 3.8) is 0 Å². The predicted octanol–water partition coefficient (Wildman–Crippen LogP) is 3.29. The van der Waals surface area contributed by atoms with Crippen LogP contribution < -0.4 is 33.3 Å². The van der Waals surface area contributed by atoms with Crippen molar-refractivity contribution >= 4 is 31.6 Å². The van der Waals surface area contributed by atoms with Gasteiger partial charge in [0.15, 0.2) is 11.5 Å². The highest BCUT2D eigenvalue weighted by Crippen LogP contribution is 2.37. The molecule has 0 aliphatic carbocycles. The van der Waals surface area contributed by atoms with Crippen molar-refractivity contribution < 1.29 is 45.3 Å². The second kappa shape index (κ2) is 15.4. The van der Waals surface area contributed by atoms with Gasteiger partial charge in [-0.1, -0.05) is 6.42 Å². The van der Waals surface area contributed by atoms with Gasteiger partial charge in [0.05, 0.1) is 50.5 Å². The van der Waals surface area contributed by atoms with Crippen LogP contribution in [0.4, 0.5) is 5.69 Å². The third kappa shape index (κ3) is 7.95. The zero-order valence-corrected chi connectivity index (χ0v) is 27.9. The van der Waals surface area contributed by atoms with Gasteiger partial charge in [-0.2, -0.15) is 4.31 Å². The van der Waals surface area contributed by atoms with Crippen LogP contribution in [0.1, 0.15) is 19.3 Å². The Kier molecular flexibility index (Phi) is 11.6. The number of ether oxygens (including phenoxy) is 5. The van der Waals surface area contributed by atoms with E-state index in [2.05, 4.69) is 5.32 Å². The molecule has 1 N–H and O–H groups in total. The molecule has 3 aromatic rings. The fourth-order valence-electron chi connectivity index (χ4n) is 4.90. The minimum Gasteiger partial charge on any atom is -0.497 e. The molecule has 1 aliphatic heterocycles. The molecule has 0 spiro atoms. The van der Waals surface area contributed by atoms with Crippen molar-refractivity contribution in [2.24, 2.45) is 0 Å². The number of carbonyl (C=O) groups is 1. The highest BCUT2D eigenvalue weighted by Gasteiger charge is 2.31. The minimum atomic E-state index is -4.34. The maximum absolute atomic E-state index is 14.0. The summed E-state index contributed by atoms with van der Waals surface area (Å²) in [5, 5.41) is 2.67. The van der Waals surface area contributed by atoms with Gasteiger partial charge in [0.25, 0.3) is 10.0 Å². The Morgan fingerprint density at radius 2 is 1.35 bits per heavy atom. The number of piperidine rings is 1. The minimum absolute atomic E-state index is 0.0478. The lowest BCUT2D eigenvalue weighted by atomic mass is 10.2. The maximum Gasteiger partial charge on any atom is 0.265 e. The Balaban J connectivity index is 1.46. The first-order valence-corrected chi connectivity index (χ1v) is 17.4. The Bertz CT molecular complexity index is 1710. The maximum atomic E-state index is 14.0. The molecule has 46 heavy (non-hydrogen) atoms. The van der Waals surface area contributed by atoms with Crippen molar-refractivity contribution in [3.05, 3.63) is 60.7 Å². The number of nitrogens with one attached hydrogen (secondary N) is 1. The van der Waals surface area contributed by atoms with Gasteiger partial charge in [-0.15, -0.1) is 0 Å². The molecule has 1 aliphatic rings. The monoisotopic (exact) mass is 677 g/mol. The predicted molar refractivity (Wildman–Crippen MR) is 171 cm³/mol. The number of carbonyl (C=O) groups excluding carboxylic acids is 1. The summed E-state index contributed by atoms with van der Waals surface area (Å²) in [5.74, 6) is 0.896. The van der Waals surface area contributed by atoms with E-state index in [1.54, 1.807) is 24.3 Å². The summed E-state index contributed by atoms with van der Waals surface area (Å²) in [7, 11) is -2.26. The van der Waals surface area contributed by atoms with E-state index in [0.717, 1.165) is 23.6 Å². The highest BCUT2D eigenvalue weighted by molar-refractivity contribution is 7.93. The Morgan fingerprint density at radius 3 is 1.98 bits per heavy atom. The van der Waals surface area contributed by atoms with E-state index in [-0.39, 0.29) is 40.1 Å². The fraction of sp³-hybridized carbons (Fsp3) is 0.387. The van der Waals surface area contributed by atoms with Crippen molar-refractivity contribution in [3.8, 4) is 28.7 Å². The zero-order chi connectivity index (χ0) is 33.3. The number of nitrogens with zero attached hydrogens (tertiary/aromatic N) is 2. The first kappa shape index (κ1) is 34.7. The molecule has 0 aromatic heterocycles. The molecule has 1 fully saturated rings. The third-order valence-electron chi connectivity index (χ3n) is 7.35. The van der Waals surface area contributed by atoms with Crippen molar-refractivity contribution in [2.75, 3.05) is 65.5 Å². The Morgan fingerprint density at radius 1 is 0.739 bits per heavy atom. The smallest absolute Gasteiger partial charge is 0.265 e. The van der Waals surface area contributed by atoms with Gasteiger partial charge in [0.2, 0.25) is 15.9 Å². The van der Waals surface area contributed by atoms with Crippen LogP contribution in [-0.4, -0.2) is 88.3 Å². The normalized spacial score (nSPS) is 13.8. The van der Waals surface area contributed by atoms with Gasteiger partial charge >= 0.3 is 0 Å². The van der Waals surface area contributed by atoms with Gasteiger partial charge < -0.3 is 29.0 Å². The lowest BCUT2D eigenvalue weighted by molar-refractivity contribution is -0.119. The molecule has 1 heterocycles. The molecular weight excluding hydrogens is 638 g/mol. The first-order valence-electron chi connectivity index (χ1n) is 14.5. The molecule has 1 saturated heterocycles. The van der Waals surface area contributed by atoms with Crippen LogP contribution >= 0.6 is 0 Å². The van der Waals surface area contributed by atoms with Crippen LogP contribution in [0.5, 0.6) is 28.7 Å². The molecule has 250 valence electrons. The standard InChI is InChI=1S/C31H39N3O10S2/c1-40-24-10-14-28(41-2)27(20-24)34(46(38,39)26-13-15-29(42-3)30(21-26)43-4)22-31(35)32-16-19-44-23-8-11-25(12-9-23)45(36,37)33-17-6-5-7-18-33/h8-15,20-21H,5-7,16-19,22H2,1-4H3,(H,32,35). The quantitative estimate of drug-likeness (QED) is 0.238. The molecule has 4 rings (SSSR count). The van der Waals surface area contributed by atoms with E-state index in [0.29, 0.717) is 30.3 Å². The summed E-state index contributed by atoms with van der Waals surface area (Å²) in [6.45, 7) is 0.528. The van der Waals surface area contributed by atoms with Crippen LogP contribution in [0.3, 0.4) is 0 Å². The number of hydrogen-bond acceptors (Lipinski definition) is 10. The molecule has 0 unspecified atom stereocenters. The molecule has 15 heteroatoms. The Hall–Kier alpha value is -4.21. The summed E-state index contributed by atoms with van der Waals surface area (Å²) in [5.41, 5.74) is 0.0858. The van der Waals surface area contributed by atoms with Gasteiger partial charge in [0.1, 0.15) is 30.4 Å². The van der Waals surface area contributed by atoms with Crippen LogP contribution in [0.25, 0.3) is 0 Å². The van der Waals surface area contributed by atoms with Gasteiger partial charge in [-0.3, -0.25) is 9.10 Å². The third-order valence-corrected chi connectivity index (χ3v) is 11.0. The zero-order valence-electron chi connectivity index (χ0n) is 26.2. The average molecular weight is 678 g/mol. The van der Waals surface area contributed by atoms with Crippen LogP contribution in [-0.2, 0) is 24.8 Å². The molecule has 0 atom stereocenters. The molecule has 0 saturated carbocycles. The fourth-order valence-corrected chi connectivity index (χ4v) is 7.86. The second-order valence-corrected chi connectivity index (χ2v) is 14.0. The summed E-state index contributed by atoms with van der Waals surface area (Å²) in [6.07, 6.45) is 2.72. The van der Waals surface area contributed by atoms with E-state index >= 15 is 0 Å². The SMILES string of the molecule is COc1ccc(OC)c(N(CC(=O)NCCOc2ccc(S(=O)(=O)N3CCCCC3)cc2)S(=O)(=O)c2ccc(OC)c(OC)c2)c1. The molecule has 1 amide bonds. The number of anilines is 1. The lowest BCUT2D eigenvalue weighted by Crippen LogP contribution is -2.42.